The molecule has 1 amide bonds. The maximum absolute atomic E-state index is 12.4. The first-order chi connectivity index (χ1) is 12.5. The summed E-state index contributed by atoms with van der Waals surface area (Å²) in [4.78, 5) is 14.2. The van der Waals surface area contributed by atoms with Gasteiger partial charge < -0.3 is 10.6 Å². The number of likely N-dealkylation sites (tertiary alicyclic amines) is 1. The Morgan fingerprint density at radius 2 is 1.92 bits per heavy atom. The van der Waals surface area contributed by atoms with Gasteiger partial charge >= 0.3 is 0 Å². The molecule has 0 spiro atoms. The number of hydrogen-bond donors (Lipinski definition) is 2. The standard InChI is InChI=1S/C18H23N3O3S2/c19-16-5-2-1-4-14(16)7-8-17(22)21-11-9-15(10-12-21)20-26(23,24)18-6-3-13-25-18/h1-6,13,15,20H,7-12,19H2. The van der Waals surface area contributed by atoms with Crippen LogP contribution in [0.4, 0.5) is 5.69 Å². The van der Waals surface area contributed by atoms with Crippen molar-refractivity contribution < 1.29 is 13.2 Å². The minimum absolute atomic E-state index is 0.0906. The van der Waals surface area contributed by atoms with Gasteiger partial charge in [-0.3, -0.25) is 4.79 Å². The number of nitrogens with one attached hydrogen (secondary N) is 1. The molecule has 26 heavy (non-hydrogen) atoms. The van der Waals surface area contributed by atoms with Gasteiger partial charge in [-0.1, -0.05) is 24.3 Å². The number of para-hydroxylation sites is 1. The molecule has 3 N–H and O–H groups in total. The van der Waals surface area contributed by atoms with Crippen LogP contribution in [0.3, 0.4) is 0 Å². The van der Waals surface area contributed by atoms with Crippen molar-refractivity contribution in [1.29, 1.82) is 0 Å². The third-order valence-electron chi connectivity index (χ3n) is 4.59. The molecule has 1 aromatic heterocycles. The molecule has 3 rings (SSSR count). The summed E-state index contributed by atoms with van der Waals surface area (Å²) in [5, 5.41) is 1.75. The maximum atomic E-state index is 12.4. The number of piperidine rings is 1. The zero-order valence-corrected chi connectivity index (χ0v) is 16.1. The van der Waals surface area contributed by atoms with Crippen LogP contribution < -0.4 is 10.5 Å². The Kier molecular flexibility index (Phi) is 5.95. The molecule has 0 saturated carbocycles. The highest BCUT2D eigenvalue weighted by atomic mass is 32.2. The minimum atomic E-state index is -3.45. The number of carbonyl (C=O) groups excluding carboxylic acids is 1. The maximum Gasteiger partial charge on any atom is 0.250 e. The summed E-state index contributed by atoms with van der Waals surface area (Å²) in [6, 6.07) is 10.8. The number of hydrogen-bond acceptors (Lipinski definition) is 5. The van der Waals surface area contributed by atoms with Crippen LogP contribution in [0.15, 0.2) is 46.0 Å². The van der Waals surface area contributed by atoms with Gasteiger partial charge in [0.2, 0.25) is 15.9 Å². The quantitative estimate of drug-likeness (QED) is 0.736. The Hall–Kier alpha value is -1.90. The third-order valence-corrected chi connectivity index (χ3v) is 7.51. The number of benzene rings is 1. The fourth-order valence-electron chi connectivity index (χ4n) is 3.10. The number of rotatable bonds is 6. The molecule has 140 valence electrons. The fraction of sp³-hybridized carbons (Fsp3) is 0.389. The highest BCUT2D eigenvalue weighted by Gasteiger charge is 2.26. The van der Waals surface area contributed by atoms with E-state index in [1.807, 2.05) is 29.2 Å². The Morgan fingerprint density at radius 1 is 1.19 bits per heavy atom. The number of nitrogens with two attached hydrogens (primary N) is 1. The summed E-state index contributed by atoms with van der Waals surface area (Å²) < 4.78 is 27.6. The predicted octanol–water partition coefficient (Wildman–Crippen LogP) is 2.23. The number of carbonyl (C=O) groups is 1. The summed E-state index contributed by atoms with van der Waals surface area (Å²) in [5.74, 6) is 0.0906. The van der Waals surface area contributed by atoms with Gasteiger partial charge in [0.05, 0.1) is 0 Å². The van der Waals surface area contributed by atoms with E-state index in [-0.39, 0.29) is 11.9 Å². The van der Waals surface area contributed by atoms with Crippen molar-refractivity contribution in [2.45, 2.75) is 35.9 Å². The first kappa shape index (κ1) is 18.9. The second-order valence-electron chi connectivity index (χ2n) is 6.41. The molecule has 0 atom stereocenters. The average Bonchev–Trinajstić information content (AvgIpc) is 3.17. The Bertz CT molecular complexity index is 842. The van der Waals surface area contributed by atoms with Gasteiger partial charge in [-0.15, -0.1) is 11.3 Å². The minimum Gasteiger partial charge on any atom is -0.399 e. The number of nitrogen functional groups attached to an aromatic ring is 1. The van der Waals surface area contributed by atoms with E-state index in [2.05, 4.69) is 4.72 Å². The van der Waals surface area contributed by atoms with Crippen LogP contribution in [-0.2, 0) is 21.2 Å². The third kappa shape index (κ3) is 4.63. The summed E-state index contributed by atoms with van der Waals surface area (Å²) in [6.45, 7) is 1.14. The summed E-state index contributed by atoms with van der Waals surface area (Å²) in [7, 11) is -3.45. The van der Waals surface area contributed by atoms with Crippen LogP contribution in [0.5, 0.6) is 0 Å². The molecular formula is C18H23N3O3S2. The lowest BCUT2D eigenvalue weighted by Gasteiger charge is -2.32. The van der Waals surface area contributed by atoms with E-state index in [9.17, 15) is 13.2 Å². The summed E-state index contributed by atoms with van der Waals surface area (Å²) >= 11 is 1.20. The van der Waals surface area contributed by atoms with Crippen LogP contribution in [0.25, 0.3) is 0 Å². The lowest BCUT2D eigenvalue weighted by molar-refractivity contribution is -0.132. The smallest absolute Gasteiger partial charge is 0.250 e. The van der Waals surface area contributed by atoms with Gasteiger partial charge in [0, 0.05) is 31.2 Å². The zero-order chi connectivity index (χ0) is 18.6. The SMILES string of the molecule is Nc1ccccc1CCC(=O)N1CCC(NS(=O)(=O)c2cccs2)CC1. The van der Waals surface area contributed by atoms with Crippen molar-refractivity contribution >= 4 is 33.0 Å². The van der Waals surface area contributed by atoms with Crippen molar-refractivity contribution in [3.8, 4) is 0 Å². The number of aryl methyl sites for hydroxylation is 1. The molecular weight excluding hydrogens is 370 g/mol. The second-order valence-corrected chi connectivity index (χ2v) is 9.30. The van der Waals surface area contributed by atoms with E-state index >= 15 is 0 Å². The topological polar surface area (TPSA) is 92.5 Å². The number of amides is 1. The van der Waals surface area contributed by atoms with Gasteiger partial charge in [0.25, 0.3) is 0 Å². The van der Waals surface area contributed by atoms with Crippen molar-refractivity contribution in [2.75, 3.05) is 18.8 Å². The van der Waals surface area contributed by atoms with E-state index in [4.69, 9.17) is 5.73 Å². The molecule has 2 heterocycles. The van der Waals surface area contributed by atoms with Crippen LogP contribution >= 0.6 is 11.3 Å². The van der Waals surface area contributed by atoms with Crippen molar-refractivity contribution in [2.24, 2.45) is 0 Å². The molecule has 1 fully saturated rings. The molecule has 1 saturated heterocycles. The van der Waals surface area contributed by atoms with Crippen LogP contribution in [0.2, 0.25) is 0 Å². The Balaban J connectivity index is 1.47. The lowest BCUT2D eigenvalue weighted by Crippen LogP contribution is -2.46. The molecule has 8 heteroatoms. The molecule has 2 aromatic rings. The molecule has 0 radical (unpaired) electrons. The number of thiophene rings is 1. The summed E-state index contributed by atoms with van der Waals surface area (Å²) in [5.41, 5.74) is 7.61. The lowest BCUT2D eigenvalue weighted by atomic mass is 10.0. The van der Waals surface area contributed by atoms with Gasteiger partial charge in [0.15, 0.2) is 0 Å². The van der Waals surface area contributed by atoms with E-state index in [0.29, 0.717) is 48.7 Å². The van der Waals surface area contributed by atoms with Gasteiger partial charge in [-0.05, 0) is 42.3 Å². The van der Waals surface area contributed by atoms with E-state index in [0.717, 1.165) is 5.56 Å². The molecule has 0 aliphatic carbocycles. The predicted molar refractivity (Wildman–Crippen MR) is 103 cm³/mol. The van der Waals surface area contributed by atoms with Crippen LogP contribution in [-0.4, -0.2) is 38.4 Å². The fourth-order valence-corrected chi connectivity index (χ4v) is 5.42. The second kappa shape index (κ2) is 8.20. The van der Waals surface area contributed by atoms with Gasteiger partial charge in [-0.25, -0.2) is 13.1 Å². The van der Waals surface area contributed by atoms with Crippen molar-refractivity contribution in [3.63, 3.8) is 0 Å². The van der Waals surface area contributed by atoms with Crippen molar-refractivity contribution in [1.82, 2.24) is 9.62 Å². The van der Waals surface area contributed by atoms with Crippen molar-refractivity contribution in [3.05, 3.63) is 47.3 Å². The highest BCUT2D eigenvalue weighted by Crippen LogP contribution is 2.20. The monoisotopic (exact) mass is 393 g/mol. The van der Waals surface area contributed by atoms with E-state index in [1.54, 1.807) is 17.5 Å². The normalized spacial score (nSPS) is 15.9. The molecule has 1 aliphatic heterocycles. The largest absolute Gasteiger partial charge is 0.399 e. The Morgan fingerprint density at radius 3 is 2.58 bits per heavy atom. The highest BCUT2D eigenvalue weighted by molar-refractivity contribution is 7.91. The number of sulfonamides is 1. The molecule has 1 aromatic carbocycles. The first-order valence-corrected chi connectivity index (χ1v) is 11.0. The van der Waals surface area contributed by atoms with E-state index < -0.39 is 10.0 Å². The molecule has 1 aliphatic rings. The number of nitrogens with zero attached hydrogens (tertiary/aromatic N) is 1. The van der Waals surface area contributed by atoms with Crippen LogP contribution in [0.1, 0.15) is 24.8 Å². The van der Waals surface area contributed by atoms with Gasteiger partial charge in [-0.2, -0.15) is 0 Å². The van der Waals surface area contributed by atoms with Gasteiger partial charge in [0.1, 0.15) is 4.21 Å². The van der Waals surface area contributed by atoms with Crippen LogP contribution in [0, 0.1) is 0 Å². The number of anilines is 1. The molecule has 0 bridgehead atoms. The molecule has 0 unspecified atom stereocenters. The molecule has 6 nitrogen and oxygen atoms in total. The zero-order valence-electron chi connectivity index (χ0n) is 14.4. The first-order valence-electron chi connectivity index (χ1n) is 8.63. The average molecular weight is 394 g/mol. The van der Waals surface area contributed by atoms with E-state index in [1.165, 1.54) is 11.3 Å². The Labute approximate surface area is 158 Å². The summed E-state index contributed by atoms with van der Waals surface area (Å²) in [6.07, 6.45) is 2.30.